The van der Waals surface area contributed by atoms with Crippen molar-refractivity contribution in [3.8, 4) is 0 Å². The molecule has 1 aliphatic heterocycles. The molecule has 2 rings (SSSR count). The van der Waals surface area contributed by atoms with Crippen molar-refractivity contribution in [3.63, 3.8) is 0 Å². The Labute approximate surface area is 134 Å². The van der Waals surface area contributed by atoms with Crippen LogP contribution in [-0.4, -0.2) is 43.6 Å². The normalized spacial score (nSPS) is 16.8. The van der Waals surface area contributed by atoms with Gasteiger partial charge < -0.3 is 15.0 Å². The van der Waals surface area contributed by atoms with E-state index in [9.17, 15) is 0 Å². The van der Waals surface area contributed by atoms with E-state index < -0.39 is 0 Å². The van der Waals surface area contributed by atoms with Gasteiger partial charge in [-0.2, -0.15) is 0 Å². The van der Waals surface area contributed by atoms with Crippen molar-refractivity contribution >= 4 is 5.96 Å². The van der Waals surface area contributed by atoms with E-state index >= 15 is 0 Å². The summed E-state index contributed by atoms with van der Waals surface area (Å²) in [6.07, 6.45) is 3.67. The number of likely N-dealkylation sites (tertiary alicyclic amines) is 1. The number of nitrogens with zero attached hydrogens (tertiary/aromatic N) is 2. The second-order valence-electron chi connectivity index (χ2n) is 5.71. The first-order chi connectivity index (χ1) is 10.8. The summed E-state index contributed by atoms with van der Waals surface area (Å²) in [7, 11) is 0. The van der Waals surface area contributed by atoms with Gasteiger partial charge in [-0.1, -0.05) is 30.3 Å². The van der Waals surface area contributed by atoms with Gasteiger partial charge in [-0.05, 0) is 38.7 Å². The molecule has 1 heterocycles. The largest absolute Gasteiger partial charge is 0.374 e. The van der Waals surface area contributed by atoms with Gasteiger partial charge in [0.2, 0.25) is 0 Å². The summed E-state index contributed by atoms with van der Waals surface area (Å²) in [4.78, 5) is 7.07. The van der Waals surface area contributed by atoms with Gasteiger partial charge in [-0.15, -0.1) is 0 Å². The van der Waals surface area contributed by atoms with Crippen LogP contribution in [0.4, 0.5) is 0 Å². The summed E-state index contributed by atoms with van der Waals surface area (Å²) in [5.41, 5.74) is 1.23. The zero-order valence-electron chi connectivity index (χ0n) is 13.9. The van der Waals surface area contributed by atoms with Crippen molar-refractivity contribution < 1.29 is 4.74 Å². The number of ether oxygens (including phenoxy) is 1. The standard InChI is InChI=1S/C18H29N3O/c1-3-19-18(21-13-7-8-14-21)20-12-9-15-22-16(2)17-10-5-4-6-11-17/h4-6,10-11,16H,3,7-9,12-15H2,1-2H3,(H,19,20). The maximum Gasteiger partial charge on any atom is 0.193 e. The Bertz CT molecular complexity index is 441. The molecule has 1 atom stereocenters. The number of hydrogen-bond donors (Lipinski definition) is 1. The van der Waals surface area contributed by atoms with Gasteiger partial charge in [0, 0.05) is 32.8 Å². The van der Waals surface area contributed by atoms with Gasteiger partial charge in [0.05, 0.1) is 6.10 Å². The molecule has 0 bridgehead atoms. The van der Waals surface area contributed by atoms with Crippen molar-refractivity contribution in [2.75, 3.05) is 32.8 Å². The van der Waals surface area contributed by atoms with Crippen LogP contribution in [0.25, 0.3) is 0 Å². The van der Waals surface area contributed by atoms with Crippen molar-refractivity contribution in [2.24, 2.45) is 4.99 Å². The smallest absolute Gasteiger partial charge is 0.193 e. The molecule has 0 amide bonds. The van der Waals surface area contributed by atoms with Gasteiger partial charge >= 0.3 is 0 Å². The third-order valence-electron chi connectivity index (χ3n) is 3.94. The lowest BCUT2D eigenvalue weighted by Crippen LogP contribution is -2.39. The molecule has 0 saturated carbocycles. The van der Waals surface area contributed by atoms with Crippen LogP contribution < -0.4 is 5.32 Å². The van der Waals surface area contributed by atoms with Crippen LogP contribution in [-0.2, 0) is 4.74 Å². The average molecular weight is 303 g/mol. The van der Waals surface area contributed by atoms with E-state index in [0.717, 1.165) is 45.2 Å². The van der Waals surface area contributed by atoms with Gasteiger partial charge in [-0.25, -0.2) is 0 Å². The summed E-state index contributed by atoms with van der Waals surface area (Å²) in [6.45, 7) is 8.99. The maximum atomic E-state index is 5.89. The molecule has 0 aliphatic carbocycles. The zero-order valence-corrected chi connectivity index (χ0v) is 13.9. The van der Waals surface area contributed by atoms with Crippen LogP contribution >= 0.6 is 0 Å². The quantitative estimate of drug-likeness (QED) is 0.477. The fourth-order valence-corrected chi connectivity index (χ4v) is 2.68. The minimum absolute atomic E-state index is 0.150. The lowest BCUT2D eigenvalue weighted by molar-refractivity contribution is 0.0651. The number of rotatable bonds is 7. The zero-order chi connectivity index (χ0) is 15.6. The van der Waals surface area contributed by atoms with E-state index in [1.807, 2.05) is 6.07 Å². The van der Waals surface area contributed by atoms with E-state index in [2.05, 4.69) is 48.3 Å². The highest BCUT2D eigenvalue weighted by molar-refractivity contribution is 5.80. The summed E-state index contributed by atoms with van der Waals surface area (Å²) in [6, 6.07) is 10.4. The predicted molar refractivity (Wildman–Crippen MR) is 92.2 cm³/mol. The first-order valence-electron chi connectivity index (χ1n) is 8.51. The van der Waals surface area contributed by atoms with Crippen LogP contribution in [0.1, 0.15) is 44.8 Å². The molecule has 1 fully saturated rings. The Kier molecular flexibility index (Phi) is 7.23. The highest BCUT2D eigenvalue weighted by Crippen LogP contribution is 2.15. The fourth-order valence-electron chi connectivity index (χ4n) is 2.68. The molecule has 4 nitrogen and oxygen atoms in total. The highest BCUT2D eigenvalue weighted by Gasteiger charge is 2.15. The Morgan fingerprint density at radius 2 is 2.00 bits per heavy atom. The molecule has 122 valence electrons. The van der Waals surface area contributed by atoms with E-state index in [4.69, 9.17) is 9.73 Å². The lowest BCUT2D eigenvalue weighted by atomic mass is 10.1. The number of guanidine groups is 1. The molecule has 1 aromatic rings. The maximum absolute atomic E-state index is 5.89. The van der Waals surface area contributed by atoms with Crippen LogP contribution in [0.5, 0.6) is 0 Å². The second-order valence-corrected chi connectivity index (χ2v) is 5.71. The molecule has 0 aromatic heterocycles. The molecule has 22 heavy (non-hydrogen) atoms. The molecule has 1 saturated heterocycles. The third kappa shape index (κ3) is 5.34. The molecule has 0 spiro atoms. The molecular formula is C18H29N3O. The molecule has 4 heteroatoms. The minimum Gasteiger partial charge on any atom is -0.374 e. The second kappa shape index (κ2) is 9.46. The predicted octanol–water partition coefficient (Wildman–Crippen LogP) is 3.22. The summed E-state index contributed by atoms with van der Waals surface area (Å²) in [5, 5.41) is 3.39. The first kappa shape index (κ1) is 16.8. The molecule has 0 radical (unpaired) electrons. The van der Waals surface area contributed by atoms with Crippen molar-refractivity contribution in [1.29, 1.82) is 0 Å². The van der Waals surface area contributed by atoms with Crippen molar-refractivity contribution in [1.82, 2.24) is 10.2 Å². The van der Waals surface area contributed by atoms with Gasteiger partial charge in [-0.3, -0.25) is 4.99 Å². The summed E-state index contributed by atoms with van der Waals surface area (Å²) in [5.74, 6) is 1.07. The number of hydrogen-bond acceptors (Lipinski definition) is 2. The Morgan fingerprint density at radius 1 is 1.27 bits per heavy atom. The third-order valence-corrected chi connectivity index (χ3v) is 3.94. The summed E-state index contributed by atoms with van der Waals surface area (Å²) < 4.78 is 5.89. The minimum atomic E-state index is 0.150. The number of aliphatic imine (C=N–C) groups is 1. The SMILES string of the molecule is CCNC(=NCCCOC(C)c1ccccc1)N1CCCC1. The topological polar surface area (TPSA) is 36.9 Å². The fraction of sp³-hybridized carbons (Fsp3) is 0.611. The van der Waals surface area contributed by atoms with Gasteiger partial charge in [0.1, 0.15) is 0 Å². The average Bonchev–Trinajstić information content (AvgIpc) is 3.08. The van der Waals surface area contributed by atoms with Crippen LogP contribution in [0.2, 0.25) is 0 Å². The van der Waals surface area contributed by atoms with E-state index in [1.165, 1.54) is 18.4 Å². The highest BCUT2D eigenvalue weighted by atomic mass is 16.5. The van der Waals surface area contributed by atoms with Crippen molar-refractivity contribution in [2.45, 2.75) is 39.2 Å². The molecule has 1 N–H and O–H groups in total. The Hall–Kier alpha value is -1.55. The number of nitrogens with one attached hydrogen (secondary N) is 1. The van der Waals surface area contributed by atoms with Crippen LogP contribution in [0.3, 0.4) is 0 Å². The monoisotopic (exact) mass is 303 g/mol. The Balaban J connectivity index is 1.69. The van der Waals surface area contributed by atoms with Crippen LogP contribution in [0, 0.1) is 0 Å². The van der Waals surface area contributed by atoms with Gasteiger partial charge in [0.25, 0.3) is 0 Å². The first-order valence-corrected chi connectivity index (χ1v) is 8.51. The van der Waals surface area contributed by atoms with E-state index in [-0.39, 0.29) is 6.10 Å². The molecule has 1 aliphatic rings. The molecular weight excluding hydrogens is 274 g/mol. The lowest BCUT2D eigenvalue weighted by Gasteiger charge is -2.20. The van der Waals surface area contributed by atoms with Crippen molar-refractivity contribution in [3.05, 3.63) is 35.9 Å². The van der Waals surface area contributed by atoms with Crippen LogP contribution in [0.15, 0.2) is 35.3 Å². The van der Waals surface area contributed by atoms with E-state index in [1.54, 1.807) is 0 Å². The summed E-state index contributed by atoms with van der Waals surface area (Å²) >= 11 is 0. The number of benzene rings is 1. The van der Waals surface area contributed by atoms with E-state index in [0.29, 0.717) is 0 Å². The Morgan fingerprint density at radius 3 is 2.68 bits per heavy atom. The molecule has 1 aromatic carbocycles. The molecule has 1 unspecified atom stereocenters. The van der Waals surface area contributed by atoms with Gasteiger partial charge in [0.15, 0.2) is 5.96 Å².